The van der Waals surface area contributed by atoms with Crippen molar-refractivity contribution in [3.05, 3.63) is 41.5 Å². The zero-order chi connectivity index (χ0) is 9.68. The fourth-order valence-corrected chi connectivity index (χ4v) is 1.18. The molecule has 0 aliphatic heterocycles. The summed E-state index contributed by atoms with van der Waals surface area (Å²) in [5.41, 5.74) is 7.18. The quantitative estimate of drug-likeness (QED) is 0.475. The van der Waals surface area contributed by atoms with Crippen molar-refractivity contribution in [3.63, 3.8) is 0 Å². The van der Waals surface area contributed by atoms with Crippen molar-refractivity contribution in [1.29, 1.82) is 5.41 Å². The van der Waals surface area contributed by atoms with Gasteiger partial charge in [-0.2, -0.15) is 0 Å². The number of benzene rings is 1. The third-order valence-electron chi connectivity index (χ3n) is 1.60. The van der Waals surface area contributed by atoms with E-state index in [1.165, 1.54) is 0 Å². The number of nitrogens with two attached hydrogens (primary N) is 1. The molecule has 0 fully saturated rings. The highest BCUT2D eigenvalue weighted by molar-refractivity contribution is 9.09. The Bertz CT molecular complexity index is 331. The Labute approximate surface area is 86.1 Å². The number of hydrogen-bond acceptors (Lipinski definition) is 1. The van der Waals surface area contributed by atoms with E-state index in [0.29, 0.717) is 0 Å². The smallest absolute Gasteiger partial charge is 0.122 e. The van der Waals surface area contributed by atoms with Gasteiger partial charge >= 0.3 is 0 Å². The lowest BCUT2D eigenvalue weighted by atomic mass is 10.1. The van der Waals surface area contributed by atoms with Gasteiger partial charge in [0, 0.05) is 10.9 Å². The lowest BCUT2D eigenvalue weighted by Crippen LogP contribution is -2.10. The lowest BCUT2D eigenvalue weighted by Gasteiger charge is -1.98. The average molecular weight is 239 g/mol. The maximum atomic E-state index is 7.25. The molecular formula is C10H11BrN2. The van der Waals surface area contributed by atoms with E-state index in [2.05, 4.69) is 15.9 Å². The number of nitrogen functional groups attached to an aromatic ring is 1. The molecule has 0 aromatic heterocycles. The minimum Gasteiger partial charge on any atom is -0.384 e. The molecule has 0 bridgehead atoms. The third-order valence-corrected chi connectivity index (χ3v) is 1.97. The van der Waals surface area contributed by atoms with Crippen molar-refractivity contribution in [2.45, 2.75) is 0 Å². The zero-order valence-electron chi connectivity index (χ0n) is 7.13. The summed E-state index contributed by atoms with van der Waals surface area (Å²) in [5, 5.41) is 8.08. The van der Waals surface area contributed by atoms with Crippen LogP contribution in [0.4, 0.5) is 0 Å². The lowest BCUT2D eigenvalue weighted by molar-refractivity contribution is 1.42. The second-order valence-electron chi connectivity index (χ2n) is 2.60. The fraction of sp³-hybridized carbons (Fsp3) is 0.100. The fourth-order valence-electron chi connectivity index (χ4n) is 0.990. The molecule has 0 amide bonds. The highest BCUT2D eigenvalue weighted by Gasteiger charge is 1.94. The van der Waals surface area contributed by atoms with E-state index >= 15 is 0 Å². The van der Waals surface area contributed by atoms with Crippen LogP contribution in [0.15, 0.2) is 30.3 Å². The van der Waals surface area contributed by atoms with Gasteiger partial charge in [0.05, 0.1) is 0 Å². The largest absolute Gasteiger partial charge is 0.384 e. The van der Waals surface area contributed by atoms with Gasteiger partial charge in [0.2, 0.25) is 0 Å². The monoisotopic (exact) mass is 238 g/mol. The van der Waals surface area contributed by atoms with E-state index in [1.807, 2.05) is 36.4 Å². The van der Waals surface area contributed by atoms with Crippen LogP contribution < -0.4 is 5.73 Å². The molecule has 1 aromatic carbocycles. The van der Waals surface area contributed by atoms with Crippen LogP contribution in [0.25, 0.3) is 6.08 Å². The maximum Gasteiger partial charge on any atom is 0.122 e. The number of allylic oxidation sites excluding steroid dienone is 1. The number of nitrogens with one attached hydrogen (secondary N) is 1. The van der Waals surface area contributed by atoms with Gasteiger partial charge in [-0.15, -0.1) is 0 Å². The normalized spacial score (nSPS) is 10.5. The molecule has 68 valence electrons. The number of amidine groups is 1. The molecule has 0 radical (unpaired) electrons. The summed E-state index contributed by atoms with van der Waals surface area (Å²) < 4.78 is 0. The van der Waals surface area contributed by atoms with E-state index < -0.39 is 0 Å². The molecule has 3 heteroatoms. The molecule has 1 rings (SSSR count). The first kappa shape index (κ1) is 9.99. The molecule has 0 atom stereocenters. The molecule has 0 unspecified atom stereocenters. The Kier molecular flexibility index (Phi) is 3.71. The van der Waals surface area contributed by atoms with Crippen LogP contribution in [-0.2, 0) is 0 Å². The number of rotatable bonds is 3. The van der Waals surface area contributed by atoms with E-state index in [4.69, 9.17) is 11.1 Å². The van der Waals surface area contributed by atoms with Crippen molar-refractivity contribution in [3.8, 4) is 0 Å². The number of halogens is 1. The van der Waals surface area contributed by atoms with Crippen LogP contribution in [0.2, 0.25) is 0 Å². The third kappa shape index (κ3) is 3.03. The van der Waals surface area contributed by atoms with Gasteiger partial charge in [0.25, 0.3) is 0 Å². The summed E-state index contributed by atoms with van der Waals surface area (Å²) >= 11 is 3.30. The SMILES string of the molecule is N=C(N)c1cccc(C=CCBr)c1. The summed E-state index contributed by atoms with van der Waals surface area (Å²) in [7, 11) is 0. The Hall–Kier alpha value is -1.09. The molecule has 3 N–H and O–H groups in total. The first-order valence-electron chi connectivity index (χ1n) is 3.91. The van der Waals surface area contributed by atoms with Crippen molar-refractivity contribution < 1.29 is 0 Å². The Morgan fingerprint density at radius 2 is 2.31 bits per heavy atom. The minimum absolute atomic E-state index is 0.106. The van der Waals surface area contributed by atoms with Gasteiger partial charge in [-0.05, 0) is 11.6 Å². The number of alkyl halides is 1. The van der Waals surface area contributed by atoms with E-state index in [9.17, 15) is 0 Å². The van der Waals surface area contributed by atoms with Gasteiger partial charge in [-0.25, -0.2) is 0 Å². The van der Waals surface area contributed by atoms with Crippen LogP contribution in [0, 0.1) is 5.41 Å². The van der Waals surface area contributed by atoms with Crippen LogP contribution >= 0.6 is 15.9 Å². The van der Waals surface area contributed by atoms with Crippen LogP contribution in [0.1, 0.15) is 11.1 Å². The molecule has 0 heterocycles. The molecule has 0 aliphatic rings. The van der Waals surface area contributed by atoms with E-state index in [0.717, 1.165) is 16.5 Å². The molecule has 0 saturated heterocycles. The van der Waals surface area contributed by atoms with Gasteiger partial charge in [0.15, 0.2) is 0 Å². The summed E-state index contributed by atoms with van der Waals surface area (Å²) in [6, 6.07) is 7.59. The minimum atomic E-state index is 0.106. The summed E-state index contributed by atoms with van der Waals surface area (Å²) in [4.78, 5) is 0. The van der Waals surface area contributed by atoms with Crippen molar-refractivity contribution >= 4 is 27.8 Å². The standard InChI is InChI=1S/C10H11BrN2/c11-6-2-4-8-3-1-5-9(7-8)10(12)13/h1-5,7H,6H2,(H3,12,13). The van der Waals surface area contributed by atoms with Crippen molar-refractivity contribution in [1.82, 2.24) is 0 Å². The Morgan fingerprint density at radius 3 is 2.92 bits per heavy atom. The predicted molar refractivity (Wildman–Crippen MR) is 60.3 cm³/mol. The second kappa shape index (κ2) is 4.82. The molecule has 1 aromatic rings. The second-order valence-corrected chi connectivity index (χ2v) is 3.24. The van der Waals surface area contributed by atoms with E-state index in [-0.39, 0.29) is 5.84 Å². The summed E-state index contributed by atoms with van der Waals surface area (Å²) in [6.07, 6.45) is 3.99. The molecule has 2 nitrogen and oxygen atoms in total. The van der Waals surface area contributed by atoms with Gasteiger partial charge < -0.3 is 5.73 Å². The number of hydrogen-bond donors (Lipinski definition) is 2. The Morgan fingerprint density at radius 1 is 1.54 bits per heavy atom. The molecule has 0 aliphatic carbocycles. The van der Waals surface area contributed by atoms with Gasteiger partial charge in [-0.1, -0.05) is 46.3 Å². The van der Waals surface area contributed by atoms with Gasteiger partial charge in [-0.3, -0.25) is 5.41 Å². The Balaban J connectivity index is 2.92. The molecule has 0 saturated carbocycles. The molecular weight excluding hydrogens is 228 g/mol. The average Bonchev–Trinajstić information content (AvgIpc) is 2.15. The van der Waals surface area contributed by atoms with Crippen molar-refractivity contribution in [2.24, 2.45) is 5.73 Å². The summed E-state index contributed by atoms with van der Waals surface area (Å²) in [6.45, 7) is 0. The molecule has 13 heavy (non-hydrogen) atoms. The predicted octanol–water partition coefficient (Wildman–Crippen LogP) is 2.38. The van der Waals surface area contributed by atoms with Crippen molar-refractivity contribution in [2.75, 3.05) is 5.33 Å². The first-order chi connectivity index (χ1) is 6.24. The van der Waals surface area contributed by atoms with Crippen LogP contribution in [0.5, 0.6) is 0 Å². The highest BCUT2D eigenvalue weighted by Crippen LogP contribution is 2.06. The molecule has 0 spiro atoms. The first-order valence-corrected chi connectivity index (χ1v) is 5.03. The maximum absolute atomic E-state index is 7.25. The van der Waals surface area contributed by atoms with Gasteiger partial charge in [0.1, 0.15) is 5.84 Å². The summed E-state index contributed by atoms with van der Waals surface area (Å²) in [5.74, 6) is 0.106. The van der Waals surface area contributed by atoms with E-state index in [1.54, 1.807) is 0 Å². The van der Waals surface area contributed by atoms with Crippen LogP contribution in [0.3, 0.4) is 0 Å². The zero-order valence-corrected chi connectivity index (χ0v) is 8.71. The topological polar surface area (TPSA) is 49.9 Å². The highest BCUT2D eigenvalue weighted by atomic mass is 79.9. The van der Waals surface area contributed by atoms with Crippen LogP contribution in [-0.4, -0.2) is 11.2 Å².